The number of aryl methyl sites for hydroxylation is 2. The van der Waals surface area contributed by atoms with Gasteiger partial charge in [0.15, 0.2) is 0 Å². The Balaban J connectivity index is 1.53. The van der Waals surface area contributed by atoms with E-state index in [1.165, 1.54) is 12.1 Å². The van der Waals surface area contributed by atoms with Crippen LogP contribution in [0.3, 0.4) is 0 Å². The average Bonchev–Trinajstić information content (AvgIpc) is 3.24. The van der Waals surface area contributed by atoms with Crippen molar-refractivity contribution in [1.82, 2.24) is 14.5 Å². The molecule has 0 saturated carbocycles. The predicted octanol–water partition coefficient (Wildman–Crippen LogP) is 4.48. The van der Waals surface area contributed by atoms with E-state index in [1.807, 2.05) is 6.92 Å². The molecule has 35 heavy (non-hydrogen) atoms. The van der Waals surface area contributed by atoms with Crippen LogP contribution in [0.1, 0.15) is 24.5 Å². The van der Waals surface area contributed by atoms with Crippen LogP contribution >= 0.6 is 11.3 Å². The number of anilines is 2. The lowest BCUT2D eigenvalue weighted by Gasteiger charge is -2.46. The van der Waals surface area contributed by atoms with Crippen LogP contribution in [0.4, 0.5) is 15.1 Å². The zero-order valence-corrected chi connectivity index (χ0v) is 20.8. The number of pyridine rings is 2. The first-order valence-corrected chi connectivity index (χ1v) is 12.3. The maximum Gasteiger partial charge on any atom is 0.252 e. The number of hydrogen-bond acceptors (Lipinski definition) is 7. The molecule has 2 atom stereocenters. The molecule has 1 aliphatic heterocycles. The highest BCUT2D eigenvalue weighted by atomic mass is 32.1. The maximum absolute atomic E-state index is 13.5. The molecule has 1 aromatic carbocycles. The summed E-state index contributed by atoms with van der Waals surface area (Å²) in [6.07, 6.45) is 0. The first-order chi connectivity index (χ1) is 16.8. The lowest BCUT2D eigenvalue weighted by Crippen LogP contribution is -2.57. The topological polar surface area (TPSA) is 78.0 Å². The largest absolute Gasteiger partial charge is 0.363 e. The molecule has 0 spiro atoms. The van der Waals surface area contributed by atoms with E-state index in [-0.39, 0.29) is 23.5 Å². The van der Waals surface area contributed by atoms with Crippen molar-refractivity contribution in [3.8, 4) is 17.3 Å². The highest BCUT2D eigenvalue weighted by Crippen LogP contribution is 2.39. The van der Waals surface area contributed by atoms with Gasteiger partial charge in [0.05, 0.1) is 16.2 Å². The van der Waals surface area contributed by atoms with Crippen LogP contribution in [0, 0.1) is 24.1 Å². The molecule has 0 N–H and O–H groups in total. The molecule has 4 aromatic rings. The minimum atomic E-state index is -0.271. The number of thiazole rings is 1. The maximum atomic E-state index is 13.5. The highest BCUT2D eigenvalue weighted by Gasteiger charge is 2.33. The standard InChI is InChI=1S/C26H25FN6OS/c1-15-14-33(26-24(29-17(3)35-26)18-5-7-19(27)8-6-18)16(2)13-32(15)22-11-23(34)31(4)21-10-9-20(12-28)30-25(21)22/h5-11,15-16H,13-14H2,1-4H3/t15-,16-/m0/s1. The minimum absolute atomic E-state index is 0.0671. The molecule has 178 valence electrons. The summed E-state index contributed by atoms with van der Waals surface area (Å²) in [5, 5.41) is 11.4. The average molecular weight is 489 g/mol. The summed E-state index contributed by atoms with van der Waals surface area (Å²) in [6, 6.07) is 13.8. The molecule has 0 unspecified atom stereocenters. The first kappa shape index (κ1) is 23.0. The van der Waals surface area contributed by atoms with Gasteiger partial charge in [0.1, 0.15) is 33.8 Å². The van der Waals surface area contributed by atoms with Gasteiger partial charge in [-0.2, -0.15) is 5.26 Å². The molecule has 7 nitrogen and oxygen atoms in total. The third-order valence-electron chi connectivity index (χ3n) is 6.57. The number of hydrogen-bond donors (Lipinski definition) is 0. The van der Waals surface area contributed by atoms with Gasteiger partial charge >= 0.3 is 0 Å². The fourth-order valence-corrected chi connectivity index (χ4v) is 5.79. The normalized spacial score (nSPS) is 18.2. The van der Waals surface area contributed by atoms with Crippen molar-refractivity contribution in [2.24, 2.45) is 7.05 Å². The summed E-state index contributed by atoms with van der Waals surface area (Å²) >= 11 is 1.64. The molecule has 0 bridgehead atoms. The smallest absolute Gasteiger partial charge is 0.252 e. The fraction of sp³-hybridized carbons (Fsp3) is 0.308. The van der Waals surface area contributed by atoms with Crippen molar-refractivity contribution in [3.63, 3.8) is 0 Å². The number of halogens is 1. The van der Waals surface area contributed by atoms with Gasteiger partial charge in [0.25, 0.3) is 5.56 Å². The fourth-order valence-electron chi connectivity index (χ4n) is 4.74. The molecule has 1 fully saturated rings. The molecule has 4 heterocycles. The number of aromatic nitrogens is 3. The molecular weight excluding hydrogens is 463 g/mol. The molecule has 0 radical (unpaired) electrons. The Labute approximate surface area is 206 Å². The molecule has 0 amide bonds. The number of benzene rings is 1. The van der Waals surface area contributed by atoms with Crippen LogP contribution in [-0.4, -0.2) is 39.7 Å². The zero-order valence-electron chi connectivity index (χ0n) is 20.0. The number of nitrogens with zero attached hydrogens (tertiary/aromatic N) is 6. The SMILES string of the molecule is Cc1nc(-c2ccc(F)cc2)c(N2C[C@H](C)N(c3cc(=O)n(C)c4ccc(C#N)nc34)C[C@@H]2C)s1. The van der Waals surface area contributed by atoms with E-state index >= 15 is 0 Å². The summed E-state index contributed by atoms with van der Waals surface area (Å²) in [5.41, 5.74) is 4.06. The molecule has 5 rings (SSSR count). The Hall–Kier alpha value is -3.77. The van der Waals surface area contributed by atoms with E-state index in [1.54, 1.807) is 53.3 Å². The van der Waals surface area contributed by atoms with Crippen molar-refractivity contribution in [2.75, 3.05) is 22.9 Å². The van der Waals surface area contributed by atoms with Crippen LogP contribution in [0.25, 0.3) is 22.3 Å². The summed E-state index contributed by atoms with van der Waals surface area (Å²) < 4.78 is 15.1. The van der Waals surface area contributed by atoms with Crippen LogP contribution in [-0.2, 0) is 7.05 Å². The second-order valence-electron chi connectivity index (χ2n) is 9.00. The third-order valence-corrected chi connectivity index (χ3v) is 7.58. The number of rotatable bonds is 3. The Kier molecular flexibility index (Phi) is 5.77. The monoisotopic (exact) mass is 488 g/mol. The van der Waals surface area contributed by atoms with E-state index in [2.05, 4.69) is 34.7 Å². The lowest BCUT2D eigenvalue weighted by molar-refractivity contribution is 0.484. The summed E-state index contributed by atoms with van der Waals surface area (Å²) in [6.45, 7) is 7.64. The Morgan fingerprint density at radius 1 is 1.06 bits per heavy atom. The number of fused-ring (bicyclic) bond motifs is 1. The van der Waals surface area contributed by atoms with E-state index in [0.29, 0.717) is 29.8 Å². The number of nitriles is 1. The van der Waals surface area contributed by atoms with Gasteiger partial charge < -0.3 is 14.4 Å². The Morgan fingerprint density at radius 2 is 1.74 bits per heavy atom. The van der Waals surface area contributed by atoms with Crippen LogP contribution in [0.5, 0.6) is 0 Å². The van der Waals surface area contributed by atoms with Gasteiger partial charge in [0.2, 0.25) is 0 Å². The Morgan fingerprint density at radius 3 is 2.46 bits per heavy atom. The van der Waals surface area contributed by atoms with Gasteiger partial charge in [-0.1, -0.05) is 0 Å². The quantitative estimate of drug-likeness (QED) is 0.423. The van der Waals surface area contributed by atoms with Crippen molar-refractivity contribution >= 4 is 33.1 Å². The van der Waals surface area contributed by atoms with Crippen molar-refractivity contribution < 1.29 is 4.39 Å². The first-order valence-electron chi connectivity index (χ1n) is 11.4. The van der Waals surface area contributed by atoms with Gasteiger partial charge in [-0.15, -0.1) is 11.3 Å². The molecule has 3 aromatic heterocycles. The van der Waals surface area contributed by atoms with Gasteiger partial charge in [-0.25, -0.2) is 14.4 Å². The van der Waals surface area contributed by atoms with E-state index in [4.69, 9.17) is 4.98 Å². The van der Waals surface area contributed by atoms with Crippen molar-refractivity contribution in [3.05, 3.63) is 69.3 Å². The predicted molar refractivity (Wildman–Crippen MR) is 138 cm³/mol. The summed E-state index contributed by atoms with van der Waals surface area (Å²) in [4.78, 5) is 26.6. The highest BCUT2D eigenvalue weighted by molar-refractivity contribution is 7.16. The van der Waals surface area contributed by atoms with Gasteiger partial charge in [0, 0.05) is 43.9 Å². The lowest BCUT2D eigenvalue weighted by atomic mass is 10.1. The molecule has 0 aliphatic carbocycles. The van der Waals surface area contributed by atoms with Crippen LogP contribution < -0.4 is 15.4 Å². The van der Waals surface area contributed by atoms with E-state index < -0.39 is 0 Å². The molecule has 1 aliphatic rings. The second-order valence-corrected chi connectivity index (χ2v) is 10.2. The van der Waals surface area contributed by atoms with E-state index in [9.17, 15) is 14.4 Å². The van der Waals surface area contributed by atoms with E-state index in [0.717, 1.165) is 27.0 Å². The second kappa shape index (κ2) is 8.78. The van der Waals surface area contributed by atoms with Gasteiger partial charge in [-0.05, 0) is 57.2 Å². The summed E-state index contributed by atoms with van der Waals surface area (Å²) in [5.74, 6) is -0.271. The van der Waals surface area contributed by atoms with Gasteiger partial charge in [-0.3, -0.25) is 4.79 Å². The molecule has 9 heteroatoms. The van der Waals surface area contributed by atoms with Crippen LogP contribution in [0.15, 0.2) is 47.3 Å². The zero-order chi connectivity index (χ0) is 24.9. The number of piperazine rings is 1. The van der Waals surface area contributed by atoms with Crippen molar-refractivity contribution in [2.45, 2.75) is 32.9 Å². The molecule has 1 saturated heterocycles. The van der Waals surface area contributed by atoms with Crippen molar-refractivity contribution in [1.29, 1.82) is 5.26 Å². The Bertz CT molecular complexity index is 1520. The van der Waals surface area contributed by atoms with Crippen LogP contribution in [0.2, 0.25) is 0 Å². The summed E-state index contributed by atoms with van der Waals surface area (Å²) in [7, 11) is 1.72. The minimum Gasteiger partial charge on any atom is -0.363 e. The third kappa shape index (κ3) is 4.04. The molecular formula is C26H25FN6OS.